The molecule has 2 aromatic carbocycles. The van der Waals surface area contributed by atoms with E-state index in [1.165, 1.54) is 67.1 Å². The second-order valence-electron chi connectivity index (χ2n) is 7.52. The number of rotatable bonds is 10. The summed E-state index contributed by atoms with van der Waals surface area (Å²) >= 11 is 1.42. The molecule has 0 saturated heterocycles. The second-order valence-corrected chi connectivity index (χ2v) is 8.50. The van der Waals surface area contributed by atoms with Crippen LogP contribution in [-0.4, -0.2) is 47.7 Å². The highest BCUT2D eigenvalue weighted by molar-refractivity contribution is 7.09. The predicted molar refractivity (Wildman–Crippen MR) is 132 cm³/mol. The lowest BCUT2D eigenvalue weighted by molar-refractivity contribution is 0.0273. The molecule has 10 heteroatoms. The number of aliphatic imine (C=N–C) groups is 1. The van der Waals surface area contributed by atoms with Crippen LogP contribution >= 0.6 is 11.3 Å². The molecule has 1 heterocycles. The highest BCUT2D eigenvalue weighted by Gasteiger charge is 2.22. The quantitative estimate of drug-likeness (QED) is 0.367. The van der Waals surface area contributed by atoms with Gasteiger partial charge in [-0.25, -0.2) is 18.8 Å². The number of aliphatic hydroxyl groups excluding tert-OH is 1. The molecular formula is C25H24F2N4O3S. The van der Waals surface area contributed by atoms with Crippen molar-refractivity contribution in [2.45, 2.75) is 12.5 Å². The lowest BCUT2D eigenvalue weighted by atomic mass is 9.99. The molecule has 2 unspecified atom stereocenters. The van der Waals surface area contributed by atoms with Gasteiger partial charge in [-0.3, -0.25) is 4.79 Å². The van der Waals surface area contributed by atoms with Crippen LogP contribution in [0.5, 0.6) is 0 Å². The number of carbonyl (C=O) groups is 1. The van der Waals surface area contributed by atoms with E-state index in [1.54, 1.807) is 6.20 Å². The first-order chi connectivity index (χ1) is 16.8. The molecule has 0 bridgehead atoms. The number of allylic oxidation sites excluding steroid dienone is 1. The number of amides is 1. The average molecular weight is 499 g/mol. The van der Waals surface area contributed by atoms with Crippen molar-refractivity contribution in [1.82, 2.24) is 4.98 Å². The van der Waals surface area contributed by atoms with Crippen molar-refractivity contribution in [3.05, 3.63) is 93.4 Å². The molecule has 0 spiro atoms. The van der Waals surface area contributed by atoms with Gasteiger partial charge in [0.15, 0.2) is 0 Å². The molecular weight excluding hydrogens is 474 g/mol. The number of methoxy groups -OCH3 is 1. The third-order valence-corrected chi connectivity index (χ3v) is 6.03. The van der Waals surface area contributed by atoms with Crippen molar-refractivity contribution in [3.8, 4) is 0 Å². The minimum Gasteiger partial charge on any atom is -0.398 e. The van der Waals surface area contributed by atoms with E-state index in [-0.39, 0.29) is 29.1 Å². The first kappa shape index (κ1) is 26.0. The van der Waals surface area contributed by atoms with Crippen molar-refractivity contribution >= 4 is 34.9 Å². The van der Waals surface area contributed by atoms with Crippen LogP contribution in [-0.2, 0) is 11.2 Å². The van der Waals surface area contributed by atoms with Crippen molar-refractivity contribution in [2.75, 3.05) is 13.7 Å². The Morgan fingerprint density at radius 3 is 2.66 bits per heavy atom. The third kappa shape index (κ3) is 6.72. The van der Waals surface area contributed by atoms with Gasteiger partial charge >= 0.3 is 0 Å². The standard InChI is InChI=1S/C25H24F2N4O3S/c1-34-22(14-32)16(11-23-30-9-10-35-23)13-31-25(33)18-3-2-4-19(27)24(18)21(29)12-20(28)15-5-7-17(26)8-6-15/h2-10,12-13,16,22,29,32H,11,14,28H2,1H3/b20-12-,29-21?,31-13+. The van der Waals surface area contributed by atoms with E-state index in [0.29, 0.717) is 12.0 Å². The fourth-order valence-electron chi connectivity index (χ4n) is 3.38. The summed E-state index contributed by atoms with van der Waals surface area (Å²) in [5, 5.41) is 20.6. The zero-order valence-electron chi connectivity index (χ0n) is 18.8. The van der Waals surface area contributed by atoms with Gasteiger partial charge in [0, 0.05) is 48.5 Å². The number of hydrogen-bond acceptors (Lipinski definition) is 7. The minimum absolute atomic E-state index is 0.106. The maximum atomic E-state index is 14.7. The zero-order valence-corrected chi connectivity index (χ0v) is 19.6. The Hall–Kier alpha value is -3.60. The summed E-state index contributed by atoms with van der Waals surface area (Å²) in [5.74, 6) is -2.47. The van der Waals surface area contributed by atoms with E-state index >= 15 is 0 Å². The number of nitrogens with one attached hydrogen (secondary N) is 1. The van der Waals surface area contributed by atoms with Gasteiger partial charge < -0.3 is 21.0 Å². The van der Waals surface area contributed by atoms with Crippen LogP contribution in [0.4, 0.5) is 8.78 Å². The van der Waals surface area contributed by atoms with Crippen molar-refractivity contribution < 1.29 is 23.4 Å². The smallest absolute Gasteiger partial charge is 0.277 e. The number of aromatic nitrogens is 1. The Morgan fingerprint density at radius 1 is 1.29 bits per heavy atom. The fraction of sp³-hybridized carbons (Fsp3) is 0.200. The number of aliphatic hydroxyl groups is 1. The maximum absolute atomic E-state index is 14.7. The van der Waals surface area contributed by atoms with Gasteiger partial charge in [-0.2, -0.15) is 0 Å². The summed E-state index contributed by atoms with van der Waals surface area (Å²) < 4.78 is 33.2. The fourth-order valence-corrected chi connectivity index (χ4v) is 4.07. The normalized spacial score (nSPS) is 13.7. The predicted octanol–water partition coefficient (Wildman–Crippen LogP) is 3.87. The van der Waals surface area contributed by atoms with E-state index in [2.05, 4.69) is 9.98 Å². The summed E-state index contributed by atoms with van der Waals surface area (Å²) in [6.45, 7) is -0.296. The molecule has 3 rings (SSSR count). The topological polar surface area (TPSA) is 122 Å². The van der Waals surface area contributed by atoms with Crippen molar-refractivity contribution in [3.63, 3.8) is 0 Å². The Bertz CT molecular complexity index is 1220. The SMILES string of the molecule is COC(CO)C(/C=N/C(=O)c1cccc(F)c1C(=N)/C=C(\N)c1ccc(F)cc1)Cc1nccs1. The molecule has 2 atom stereocenters. The number of nitrogens with zero attached hydrogens (tertiary/aromatic N) is 2. The van der Waals surface area contributed by atoms with Crippen LogP contribution in [0.3, 0.4) is 0 Å². The van der Waals surface area contributed by atoms with E-state index in [9.17, 15) is 18.7 Å². The van der Waals surface area contributed by atoms with E-state index in [0.717, 1.165) is 11.1 Å². The van der Waals surface area contributed by atoms with Crippen LogP contribution in [0.25, 0.3) is 5.70 Å². The minimum atomic E-state index is -0.788. The molecule has 35 heavy (non-hydrogen) atoms. The largest absolute Gasteiger partial charge is 0.398 e. The molecule has 0 radical (unpaired) electrons. The molecule has 0 aliphatic heterocycles. The number of hydrogen-bond donors (Lipinski definition) is 3. The zero-order chi connectivity index (χ0) is 25.4. The summed E-state index contributed by atoms with van der Waals surface area (Å²) in [4.78, 5) is 21.2. The van der Waals surface area contributed by atoms with Gasteiger partial charge in [0.1, 0.15) is 11.6 Å². The van der Waals surface area contributed by atoms with Crippen LogP contribution < -0.4 is 5.73 Å². The first-order valence-corrected chi connectivity index (χ1v) is 11.4. The highest BCUT2D eigenvalue weighted by Crippen LogP contribution is 2.20. The highest BCUT2D eigenvalue weighted by atomic mass is 32.1. The number of ether oxygens (including phenoxy) is 1. The molecule has 1 amide bonds. The molecule has 0 fully saturated rings. The lowest BCUT2D eigenvalue weighted by Gasteiger charge is -2.19. The summed E-state index contributed by atoms with van der Waals surface area (Å²) in [6.07, 6.45) is 3.96. The number of benzene rings is 2. The van der Waals surface area contributed by atoms with Crippen molar-refractivity contribution in [1.29, 1.82) is 5.41 Å². The molecule has 1 aromatic heterocycles. The molecule has 7 nitrogen and oxygen atoms in total. The van der Waals surface area contributed by atoms with Crippen LogP contribution in [0.1, 0.15) is 26.5 Å². The summed E-state index contributed by atoms with van der Waals surface area (Å²) in [7, 11) is 1.44. The van der Waals surface area contributed by atoms with Crippen molar-refractivity contribution in [2.24, 2.45) is 16.6 Å². The summed E-state index contributed by atoms with van der Waals surface area (Å²) in [5.41, 5.74) is 5.83. The Balaban J connectivity index is 1.89. The van der Waals surface area contributed by atoms with Crippen LogP contribution in [0, 0.1) is 23.0 Å². The van der Waals surface area contributed by atoms with Gasteiger partial charge in [0.2, 0.25) is 0 Å². The van der Waals surface area contributed by atoms with E-state index in [1.807, 2.05) is 5.38 Å². The van der Waals surface area contributed by atoms with Gasteiger partial charge in [-0.05, 0) is 35.9 Å². The first-order valence-electron chi connectivity index (χ1n) is 10.5. The monoisotopic (exact) mass is 498 g/mol. The number of carbonyl (C=O) groups excluding carboxylic acids is 1. The van der Waals surface area contributed by atoms with Crippen LogP contribution in [0.15, 0.2) is 65.1 Å². The maximum Gasteiger partial charge on any atom is 0.277 e. The molecule has 4 N–H and O–H groups in total. The van der Waals surface area contributed by atoms with Crippen LogP contribution in [0.2, 0.25) is 0 Å². The third-order valence-electron chi connectivity index (χ3n) is 5.23. The Labute approximate surface area is 205 Å². The number of halogens is 2. The molecule has 3 aromatic rings. The number of thiazole rings is 1. The van der Waals surface area contributed by atoms with E-state index in [4.69, 9.17) is 15.9 Å². The lowest BCUT2D eigenvalue weighted by Crippen LogP contribution is -2.30. The molecule has 0 aliphatic rings. The molecule has 0 aliphatic carbocycles. The summed E-state index contributed by atoms with van der Waals surface area (Å²) in [6, 6.07) is 9.14. The van der Waals surface area contributed by atoms with Gasteiger partial charge in [0.05, 0.1) is 29.0 Å². The second kappa shape index (κ2) is 12.2. The van der Waals surface area contributed by atoms with Gasteiger partial charge in [-0.1, -0.05) is 18.2 Å². The van der Waals surface area contributed by atoms with Gasteiger partial charge in [-0.15, -0.1) is 11.3 Å². The molecule has 182 valence electrons. The average Bonchev–Trinajstić information content (AvgIpc) is 3.36. The van der Waals surface area contributed by atoms with E-state index < -0.39 is 29.6 Å². The number of nitrogens with two attached hydrogens (primary N) is 1. The Morgan fingerprint density at radius 2 is 2.03 bits per heavy atom. The Kier molecular flexibility index (Phi) is 9.07. The molecule has 0 saturated carbocycles. The van der Waals surface area contributed by atoms with Gasteiger partial charge in [0.25, 0.3) is 5.91 Å².